The van der Waals surface area contributed by atoms with Gasteiger partial charge in [0.05, 0.1) is 0 Å². The quantitative estimate of drug-likeness (QED) is 0.861. The average molecular weight is 244 g/mol. The number of hydrogen-bond acceptors (Lipinski definition) is 2. The number of hydrogen-bond donors (Lipinski definition) is 1. The lowest BCUT2D eigenvalue weighted by Gasteiger charge is -2.19. The summed E-state index contributed by atoms with van der Waals surface area (Å²) < 4.78 is 0. The lowest BCUT2D eigenvalue weighted by atomic mass is 9.99. The van der Waals surface area contributed by atoms with E-state index in [-0.39, 0.29) is 0 Å². The molecule has 2 nitrogen and oxygen atoms in total. The van der Waals surface area contributed by atoms with E-state index in [1.54, 1.807) is 0 Å². The molecule has 98 valence electrons. The van der Waals surface area contributed by atoms with Crippen molar-refractivity contribution in [3.63, 3.8) is 0 Å². The minimum Gasteiger partial charge on any atom is -0.314 e. The molecule has 0 amide bonds. The fourth-order valence-corrected chi connectivity index (χ4v) is 3.92. The van der Waals surface area contributed by atoms with Crippen molar-refractivity contribution >= 4 is 0 Å². The summed E-state index contributed by atoms with van der Waals surface area (Å²) in [7, 11) is 0. The Balaban J connectivity index is 1.65. The standard InChI is InChI=1S/C16H24N2/c1-3-17-15(16-13-5-4-6-14(13)16)9-12-8-7-11(2)10-18-12/h7-8,10,13-17H,3-6,9H2,1-2H3. The minimum atomic E-state index is 0.653. The number of nitrogens with one attached hydrogen (secondary N) is 1. The third-order valence-corrected chi connectivity index (χ3v) is 4.81. The molecule has 3 rings (SSSR count). The predicted octanol–water partition coefficient (Wildman–Crippen LogP) is 2.96. The summed E-state index contributed by atoms with van der Waals surface area (Å²) in [5, 5.41) is 3.70. The number of aryl methyl sites for hydroxylation is 1. The molecule has 1 aromatic heterocycles. The van der Waals surface area contributed by atoms with Crippen molar-refractivity contribution in [2.75, 3.05) is 6.54 Å². The lowest BCUT2D eigenvalue weighted by molar-refractivity contribution is 0.408. The lowest BCUT2D eigenvalue weighted by Crippen LogP contribution is -2.34. The first-order chi connectivity index (χ1) is 8.79. The number of likely N-dealkylation sites (N-methyl/N-ethyl adjacent to an activating group) is 1. The zero-order valence-corrected chi connectivity index (χ0v) is 11.5. The van der Waals surface area contributed by atoms with E-state index in [1.807, 2.05) is 6.20 Å². The molecule has 2 aliphatic rings. The zero-order chi connectivity index (χ0) is 12.5. The summed E-state index contributed by atoms with van der Waals surface area (Å²) >= 11 is 0. The maximum atomic E-state index is 4.56. The van der Waals surface area contributed by atoms with Gasteiger partial charge < -0.3 is 5.32 Å². The number of aromatic nitrogens is 1. The number of pyridine rings is 1. The fourth-order valence-electron chi connectivity index (χ4n) is 3.92. The normalized spacial score (nSPS) is 31.1. The summed E-state index contributed by atoms with van der Waals surface area (Å²) in [6.45, 7) is 5.39. The Morgan fingerprint density at radius 2 is 2.11 bits per heavy atom. The molecule has 1 aromatic rings. The van der Waals surface area contributed by atoms with Gasteiger partial charge in [0.1, 0.15) is 0 Å². The Labute approximate surface area is 110 Å². The van der Waals surface area contributed by atoms with Crippen LogP contribution in [-0.2, 0) is 6.42 Å². The van der Waals surface area contributed by atoms with Crippen LogP contribution in [0.1, 0.15) is 37.4 Å². The molecule has 2 saturated carbocycles. The van der Waals surface area contributed by atoms with Crippen LogP contribution in [0.4, 0.5) is 0 Å². The van der Waals surface area contributed by atoms with Gasteiger partial charge >= 0.3 is 0 Å². The molecule has 0 spiro atoms. The first-order valence-corrected chi connectivity index (χ1v) is 7.44. The summed E-state index contributed by atoms with van der Waals surface area (Å²) in [6.07, 6.45) is 7.50. The summed E-state index contributed by atoms with van der Waals surface area (Å²) in [5.74, 6) is 2.99. The Hall–Kier alpha value is -0.890. The van der Waals surface area contributed by atoms with Crippen LogP contribution in [0.15, 0.2) is 18.3 Å². The molecule has 0 radical (unpaired) electrons. The van der Waals surface area contributed by atoms with E-state index in [2.05, 4.69) is 36.3 Å². The van der Waals surface area contributed by atoms with Crippen LogP contribution in [0.2, 0.25) is 0 Å². The Kier molecular flexibility index (Phi) is 3.38. The molecule has 3 unspecified atom stereocenters. The van der Waals surface area contributed by atoms with Gasteiger partial charge in [-0.3, -0.25) is 4.98 Å². The molecule has 0 saturated heterocycles. The van der Waals surface area contributed by atoms with Gasteiger partial charge in [0, 0.05) is 24.4 Å². The molecule has 2 aliphatic carbocycles. The van der Waals surface area contributed by atoms with Crippen LogP contribution in [-0.4, -0.2) is 17.6 Å². The van der Waals surface area contributed by atoms with Crippen molar-refractivity contribution in [3.8, 4) is 0 Å². The van der Waals surface area contributed by atoms with E-state index in [4.69, 9.17) is 0 Å². The van der Waals surface area contributed by atoms with Crippen LogP contribution in [0.3, 0.4) is 0 Å². The maximum absolute atomic E-state index is 4.56. The van der Waals surface area contributed by atoms with Crippen molar-refractivity contribution in [1.82, 2.24) is 10.3 Å². The van der Waals surface area contributed by atoms with E-state index in [0.29, 0.717) is 6.04 Å². The van der Waals surface area contributed by atoms with Gasteiger partial charge in [-0.2, -0.15) is 0 Å². The molecule has 1 N–H and O–H groups in total. The highest BCUT2D eigenvalue weighted by atomic mass is 14.9. The highest BCUT2D eigenvalue weighted by molar-refractivity contribution is 5.15. The van der Waals surface area contributed by atoms with Crippen molar-refractivity contribution in [2.24, 2.45) is 17.8 Å². The van der Waals surface area contributed by atoms with Crippen molar-refractivity contribution in [1.29, 1.82) is 0 Å². The highest BCUT2D eigenvalue weighted by Gasteiger charge is 2.55. The monoisotopic (exact) mass is 244 g/mol. The van der Waals surface area contributed by atoms with Crippen LogP contribution in [0.5, 0.6) is 0 Å². The van der Waals surface area contributed by atoms with Gasteiger partial charge in [-0.05, 0) is 55.7 Å². The maximum Gasteiger partial charge on any atom is 0.0419 e. The van der Waals surface area contributed by atoms with Gasteiger partial charge in [0.2, 0.25) is 0 Å². The van der Waals surface area contributed by atoms with Crippen LogP contribution >= 0.6 is 0 Å². The van der Waals surface area contributed by atoms with E-state index in [0.717, 1.165) is 30.7 Å². The van der Waals surface area contributed by atoms with Crippen LogP contribution in [0.25, 0.3) is 0 Å². The van der Waals surface area contributed by atoms with E-state index < -0.39 is 0 Å². The molecular formula is C16H24N2. The SMILES string of the molecule is CCNC(Cc1ccc(C)cn1)C1C2CCCC21. The minimum absolute atomic E-state index is 0.653. The van der Waals surface area contributed by atoms with Gasteiger partial charge in [0.25, 0.3) is 0 Å². The molecule has 3 atom stereocenters. The molecule has 0 aliphatic heterocycles. The first kappa shape index (κ1) is 12.2. The fraction of sp³-hybridized carbons (Fsp3) is 0.688. The third kappa shape index (κ3) is 2.31. The predicted molar refractivity (Wildman–Crippen MR) is 74.5 cm³/mol. The van der Waals surface area contributed by atoms with Gasteiger partial charge in [0.15, 0.2) is 0 Å². The molecule has 0 aromatic carbocycles. The van der Waals surface area contributed by atoms with Gasteiger partial charge in [-0.25, -0.2) is 0 Å². The zero-order valence-electron chi connectivity index (χ0n) is 11.5. The highest BCUT2D eigenvalue weighted by Crippen LogP contribution is 2.59. The Morgan fingerprint density at radius 1 is 1.33 bits per heavy atom. The summed E-state index contributed by atoms with van der Waals surface area (Å²) in [6, 6.07) is 5.03. The molecule has 0 bridgehead atoms. The van der Waals surface area contributed by atoms with Crippen LogP contribution < -0.4 is 5.32 Å². The number of rotatable bonds is 5. The van der Waals surface area contributed by atoms with Crippen molar-refractivity contribution < 1.29 is 0 Å². The molecule has 2 heteroatoms. The molecule has 2 fully saturated rings. The molecular weight excluding hydrogens is 220 g/mol. The second-order valence-electron chi connectivity index (χ2n) is 6.03. The Bertz CT molecular complexity index is 388. The van der Waals surface area contributed by atoms with E-state index in [1.165, 1.54) is 30.5 Å². The van der Waals surface area contributed by atoms with Crippen molar-refractivity contribution in [2.45, 2.75) is 45.6 Å². The smallest absolute Gasteiger partial charge is 0.0419 e. The van der Waals surface area contributed by atoms with Crippen LogP contribution in [0, 0.1) is 24.7 Å². The van der Waals surface area contributed by atoms with Crippen molar-refractivity contribution in [3.05, 3.63) is 29.6 Å². The Morgan fingerprint density at radius 3 is 2.72 bits per heavy atom. The summed E-state index contributed by atoms with van der Waals surface area (Å²) in [5.41, 5.74) is 2.50. The second kappa shape index (κ2) is 5.00. The van der Waals surface area contributed by atoms with E-state index >= 15 is 0 Å². The number of nitrogens with zero attached hydrogens (tertiary/aromatic N) is 1. The van der Waals surface area contributed by atoms with Gasteiger partial charge in [-0.15, -0.1) is 0 Å². The topological polar surface area (TPSA) is 24.9 Å². The molecule has 1 heterocycles. The third-order valence-electron chi connectivity index (χ3n) is 4.81. The number of fused-ring (bicyclic) bond motifs is 1. The van der Waals surface area contributed by atoms with Gasteiger partial charge in [-0.1, -0.05) is 19.4 Å². The van der Waals surface area contributed by atoms with E-state index in [9.17, 15) is 0 Å². The average Bonchev–Trinajstić information content (AvgIpc) is 2.84. The summed E-state index contributed by atoms with van der Waals surface area (Å²) in [4.78, 5) is 4.56. The largest absolute Gasteiger partial charge is 0.314 e. The first-order valence-electron chi connectivity index (χ1n) is 7.44. The second-order valence-corrected chi connectivity index (χ2v) is 6.03. The molecule has 18 heavy (non-hydrogen) atoms.